The third-order valence-electron chi connectivity index (χ3n) is 4.27. The van der Waals surface area contributed by atoms with Gasteiger partial charge in [-0.1, -0.05) is 0 Å². The highest BCUT2D eigenvalue weighted by molar-refractivity contribution is 4.71. The Hall–Kier alpha value is -0.280. The van der Waals surface area contributed by atoms with Crippen LogP contribution >= 0.6 is 0 Å². The maximum absolute atomic E-state index is 5.65. The van der Waals surface area contributed by atoms with Gasteiger partial charge in [-0.25, -0.2) is 0 Å². The Morgan fingerprint density at radius 2 is 1.12 bits per heavy atom. The van der Waals surface area contributed by atoms with Crippen molar-refractivity contribution in [1.82, 2.24) is 9.80 Å². The Bertz CT molecular complexity index is 277. The van der Waals surface area contributed by atoms with Crippen molar-refractivity contribution >= 4 is 0 Å². The molecule has 150 valence electrons. The van der Waals surface area contributed by atoms with E-state index in [0.29, 0.717) is 39.6 Å². The topological polar surface area (TPSA) is 69.4 Å². The van der Waals surface area contributed by atoms with E-state index in [1.54, 1.807) is 0 Å². The molecule has 1 saturated heterocycles. The van der Waals surface area contributed by atoms with Crippen molar-refractivity contribution in [1.29, 1.82) is 0 Å². The molecule has 1 heterocycles. The van der Waals surface area contributed by atoms with Crippen LogP contribution in [0.25, 0.3) is 0 Å². The first-order valence-electron chi connectivity index (χ1n) is 9.82. The molecule has 0 aromatic carbocycles. The first-order valence-corrected chi connectivity index (χ1v) is 9.82. The molecule has 1 rings (SSSR count). The molecule has 1 fully saturated rings. The molecule has 0 spiro atoms. The van der Waals surface area contributed by atoms with Crippen molar-refractivity contribution in [3.8, 4) is 0 Å². The number of hydrogen-bond donors (Lipinski definition) is 1. The summed E-state index contributed by atoms with van der Waals surface area (Å²) in [6, 6.07) is 0. The fourth-order valence-electron chi connectivity index (χ4n) is 2.71. The maximum Gasteiger partial charge on any atom is 0.0701 e. The fourth-order valence-corrected chi connectivity index (χ4v) is 2.71. The van der Waals surface area contributed by atoms with Gasteiger partial charge in [-0.2, -0.15) is 0 Å². The number of hydrogen-bond acceptors (Lipinski definition) is 7. The minimum absolute atomic E-state index is 0.613. The highest BCUT2D eigenvalue weighted by Crippen LogP contribution is 2.03. The van der Waals surface area contributed by atoms with E-state index in [9.17, 15) is 0 Å². The lowest BCUT2D eigenvalue weighted by molar-refractivity contribution is -0.00405. The predicted octanol–water partition coefficient (Wildman–Crippen LogP) is 0.429. The number of nitrogens with zero attached hydrogens (tertiary/aromatic N) is 2. The Kier molecular flexibility index (Phi) is 15.6. The molecular weight excluding hydrogens is 322 g/mol. The second-order valence-electron chi connectivity index (χ2n) is 6.21. The van der Waals surface area contributed by atoms with E-state index in [4.69, 9.17) is 24.7 Å². The Labute approximate surface area is 153 Å². The molecule has 0 unspecified atom stereocenters. The van der Waals surface area contributed by atoms with E-state index >= 15 is 0 Å². The Morgan fingerprint density at radius 1 is 0.640 bits per heavy atom. The first-order chi connectivity index (χ1) is 12.4. The van der Waals surface area contributed by atoms with Crippen molar-refractivity contribution in [2.24, 2.45) is 5.73 Å². The summed E-state index contributed by atoms with van der Waals surface area (Å²) in [6.45, 7) is 14.9. The molecule has 1 aliphatic heterocycles. The zero-order chi connectivity index (χ0) is 18.0. The van der Waals surface area contributed by atoms with Gasteiger partial charge < -0.3 is 29.6 Å². The molecule has 0 amide bonds. The molecule has 7 heteroatoms. The van der Waals surface area contributed by atoms with Crippen LogP contribution in [0.15, 0.2) is 0 Å². The van der Waals surface area contributed by atoms with Crippen LogP contribution < -0.4 is 5.73 Å². The molecule has 1 aliphatic rings. The van der Waals surface area contributed by atoms with Crippen LogP contribution in [0.5, 0.6) is 0 Å². The van der Waals surface area contributed by atoms with Gasteiger partial charge in [-0.15, -0.1) is 0 Å². The zero-order valence-electron chi connectivity index (χ0n) is 16.1. The number of unbranched alkanes of at least 4 members (excludes halogenated alkanes) is 1. The summed E-state index contributed by atoms with van der Waals surface area (Å²) in [5.41, 5.74) is 5.54. The Morgan fingerprint density at radius 3 is 1.64 bits per heavy atom. The highest BCUT2D eigenvalue weighted by atomic mass is 16.6. The minimum Gasteiger partial charge on any atom is -0.379 e. The molecule has 0 radical (unpaired) electrons. The lowest BCUT2D eigenvalue weighted by Crippen LogP contribution is -2.47. The number of piperazine rings is 1. The normalized spacial score (nSPS) is 16.6. The van der Waals surface area contributed by atoms with Gasteiger partial charge in [0.15, 0.2) is 0 Å². The summed E-state index contributed by atoms with van der Waals surface area (Å²) in [4.78, 5) is 5.02. The fraction of sp³-hybridized carbons (Fsp3) is 1.00. The standard InChI is InChI=1S/C18H39N3O4/c1-2-22-13-14-24-17-18-25-16-15-23-12-11-21-9-7-20(8-10-21)6-4-3-5-19/h2-19H2,1H3. The van der Waals surface area contributed by atoms with Crippen LogP contribution in [0.4, 0.5) is 0 Å². The third kappa shape index (κ3) is 13.6. The van der Waals surface area contributed by atoms with Gasteiger partial charge in [0, 0.05) is 39.3 Å². The van der Waals surface area contributed by atoms with E-state index in [2.05, 4.69) is 9.80 Å². The van der Waals surface area contributed by atoms with Crippen LogP contribution in [-0.4, -0.2) is 108 Å². The molecule has 0 bridgehead atoms. The lowest BCUT2D eigenvalue weighted by Gasteiger charge is -2.34. The van der Waals surface area contributed by atoms with E-state index in [-0.39, 0.29) is 0 Å². The maximum atomic E-state index is 5.65. The van der Waals surface area contributed by atoms with Crippen LogP contribution in [0.1, 0.15) is 19.8 Å². The molecule has 0 saturated carbocycles. The highest BCUT2D eigenvalue weighted by Gasteiger charge is 2.15. The lowest BCUT2D eigenvalue weighted by atomic mass is 10.2. The van der Waals surface area contributed by atoms with Crippen LogP contribution in [0, 0.1) is 0 Å². The van der Waals surface area contributed by atoms with Crippen molar-refractivity contribution < 1.29 is 18.9 Å². The van der Waals surface area contributed by atoms with Crippen LogP contribution in [0.2, 0.25) is 0 Å². The minimum atomic E-state index is 0.613. The largest absolute Gasteiger partial charge is 0.379 e. The molecular formula is C18H39N3O4. The van der Waals surface area contributed by atoms with Gasteiger partial charge in [0.25, 0.3) is 0 Å². The van der Waals surface area contributed by atoms with Crippen molar-refractivity contribution in [2.45, 2.75) is 19.8 Å². The summed E-state index contributed by atoms with van der Waals surface area (Å²) >= 11 is 0. The van der Waals surface area contributed by atoms with E-state index < -0.39 is 0 Å². The molecule has 0 atom stereocenters. The molecule has 0 aromatic rings. The average molecular weight is 362 g/mol. The molecule has 2 N–H and O–H groups in total. The van der Waals surface area contributed by atoms with Gasteiger partial charge in [0.2, 0.25) is 0 Å². The van der Waals surface area contributed by atoms with Gasteiger partial charge in [-0.05, 0) is 32.9 Å². The number of nitrogens with two attached hydrogens (primary N) is 1. The summed E-state index contributed by atoms with van der Waals surface area (Å²) < 4.78 is 21.7. The van der Waals surface area contributed by atoms with Gasteiger partial charge >= 0.3 is 0 Å². The quantitative estimate of drug-likeness (QED) is 0.377. The number of ether oxygens (including phenoxy) is 4. The Balaban J connectivity index is 1.79. The predicted molar refractivity (Wildman–Crippen MR) is 100 cm³/mol. The average Bonchev–Trinajstić information content (AvgIpc) is 2.64. The van der Waals surface area contributed by atoms with Gasteiger partial charge in [-0.3, -0.25) is 4.90 Å². The third-order valence-corrected chi connectivity index (χ3v) is 4.27. The SMILES string of the molecule is CCOCCOCCOCCOCCN1CCN(CCCCN)CC1. The first kappa shape index (κ1) is 22.8. The van der Waals surface area contributed by atoms with Crippen molar-refractivity contribution in [2.75, 3.05) is 98.7 Å². The number of rotatable bonds is 17. The molecule has 7 nitrogen and oxygen atoms in total. The van der Waals surface area contributed by atoms with E-state index in [1.165, 1.54) is 13.0 Å². The molecule has 0 aromatic heterocycles. The smallest absolute Gasteiger partial charge is 0.0701 e. The summed E-state index contributed by atoms with van der Waals surface area (Å²) in [6.07, 6.45) is 2.35. The van der Waals surface area contributed by atoms with Crippen molar-refractivity contribution in [3.63, 3.8) is 0 Å². The second-order valence-corrected chi connectivity index (χ2v) is 6.21. The monoisotopic (exact) mass is 361 g/mol. The molecule has 25 heavy (non-hydrogen) atoms. The zero-order valence-corrected chi connectivity index (χ0v) is 16.1. The van der Waals surface area contributed by atoms with Gasteiger partial charge in [0.05, 0.1) is 46.2 Å². The van der Waals surface area contributed by atoms with Crippen LogP contribution in [0.3, 0.4) is 0 Å². The summed E-state index contributed by atoms with van der Waals surface area (Å²) in [5, 5.41) is 0. The summed E-state index contributed by atoms with van der Waals surface area (Å²) in [7, 11) is 0. The van der Waals surface area contributed by atoms with E-state index in [0.717, 1.165) is 58.9 Å². The summed E-state index contributed by atoms with van der Waals surface area (Å²) in [5.74, 6) is 0. The van der Waals surface area contributed by atoms with Crippen LogP contribution in [-0.2, 0) is 18.9 Å². The second kappa shape index (κ2) is 17.1. The van der Waals surface area contributed by atoms with Crippen molar-refractivity contribution in [3.05, 3.63) is 0 Å². The molecule has 0 aliphatic carbocycles. The van der Waals surface area contributed by atoms with E-state index in [1.807, 2.05) is 6.92 Å². The van der Waals surface area contributed by atoms with Gasteiger partial charge in [0.1, 0.15) is 0 Å².